The Kier molecular flexibility index (Phi) is 4.28. The maximum absolute atomic E-state index is 13.2. The fourth-order valence-electron chi connectivity index (χ4n) is 4.76. The molecular weight excluding hydrogens is 344 g/mol. The van der Waals surface area contributed by atoms with Crippen molar-refractivity contribution in [3.05, 3.63) is 24.6 Å². The number of pyridine rings is 1. The SMILES string of the molecule is O=C1N(CCN2CCOCC2)CCC12CCN(c1nccc3occc13)C2. The van der Waals surface area contributed by atoms with Gasteiger partial charge in [0.25, 0.3) is 0 Å². The van der Waals surface area contributed by atoms with Crippen molar-refractivity contribution in [2.75, 3.05) is 63.9 Å². The number of nitrogens with zero attached hydrogens (tertiary/aromatic N) is 4. The molecule has 1 spiro atoms. The van der Waals surface area contributed by atoms with E-state index in [-0.39, 0.29) is 5.41 Å². The van der Waals surface area contributed by atoms with Gasteiger partial charge in [0.1, 0.15) is 11.4 Å². The lowest BCUT2D eigenvalue weighted by Gasteiger charge is -2.29. The van der Waals surface area contributed by atoms with Gasteiger partial charge >= 0.3 is 0 Å². The van der Waals surface area contributed by atoms with Crippen LogP contribution in [0.5, 0.6) is 0 Å². The van der Waals surface area contributed by atoms with Crippen LogP contribution in [0.3, 0.4) is 0 Å². The monoisotopic (exact) mass is 370 g/mol. The van der Waals surface area contributed by atoms with E-state index in [2.05, 4.69) is 19.7 Å². The Morgan fingerprint density at radius 3 is 2.81 bits per heavy atom. The minimum atomic E-state index is -0.238. The van der Waals surface area contributed by atoms with Gasteiger partial charge in [-0.25, -0.2) is 4.98 Å². The van der Waals surface area contributed by atoms with E-state index < -0.39 is 0 Å². The van der Waals surface area contributed by atoms with E-state index in [9.17, 15) is 4.79 Å². The Balaban J connectivity index is 1.26. The first-order valence-electron chi connectivity index (χ1n) is 9.92. The van der Waals surface area contributed by atoms with E-state index >= 15 is 0 Å². The number of anilines is 1. The van der Waals surface area contributed by atoms with Crippen molar-refractivity contribution in [1.82, 2.24) is 14.8 Å². The number of hydrogen-bond donors (Lipinski definition) is 0. The number of amides is 1. The molecule has 3 aliphatic heterocycles. The number of furan rings is 1. The molecule has 2 aromatic heterocycles. The van der Waals surface area contributed by atoms with Gasteiger partial charge in [-0.15, -0.1) is 0 Å². The minimum absolute atomic E-state index is 0.238. The van der Waals surface area contributed by atoms with Gasteiger partial charge in [-0.3, -0.25) is 9.69 Å². The van der Waals surface area contributed by atoms with E-state index in [1.807, 2.05) is 12.1 Å². The molecule has 3 aliphatic rings. The molecule has 0 radical (unpaired) electrons. The number of fused-ring (bicyclic) bond motifs is 1. The van der Waals surface area contributed by atoms with E-state index in [0.29, 0.717) is 5.91 Å². The maximum atomic E-state index is 13.2. The Morgan fingerprint density at radius 2 is 1.93 bits per heavy atom. The molecular formula is C20H26N4O3. The van der Waals surface area contributed by atoms with Crippen LogP contribution in [0.15, 0.2) is 29.0 Å². The smallest absolute Gasteiger partial charge is 0.230 e. The van der Waals surface area contributed by atoms with Gasteiger partial charge in [-0.05, 0) is 25.0 Å². The topological polar surface area (TPSA) is 62.1 Å². The van der Waals surface area contributed by atoms with Crippen LogP contribution in [0, 0.1) is 5.41 Å². The van der Waals surface area contributed by atoms with Crippen LogP contribution in [0.2, 0.25) is 0 Å². The third kappa shape index (κ3) is 2.99. The lowest BCUT2D eigenvalue weighted by Crippen LogP contribution is -2.43. The molecule has 0 aromatic carbocycles. The number of rotatable bonds is 4. The number of carbonyl (C=O) groups excluding carboxylic acids is 1. The van der Waals surface area contributed by atoms with Gasteiger partial charge in [-0.2, -0.15) is 0 Å². The standard InChI is InChI=1S/C20H26N4O3/c25-19-20(3-6-23(19)9-8-22-10-13-26-14-11-22)4-7-24(15-20)18-16-2-12-27-17(16)1-5-21-18/h1-2,5,12H,3-4,6-11,13-15H2. The third-order valence-electron chi connectivity index (χ3n) is 6.40. The van der Waals surface area contributed by atoms with Crippen molar-refractivity contribution >= 4 is 22.7 Å². The number of aromatic nitrogens is 1. The van der Waals surface area contributed by atoms with Crippen LogP contribution < -0.4 is 4.90 Å². The van der Waals surface area contributed by atoms with Crippen LogP contribution in [0.1, 0.15) is 12.8 Å². The van der Waals surface area contributed by atoms with E-state index in [0.717, 1.165) is 88.7 Å². The lowest BCUT2D eigenvalue weighted by atomic mass is 9.85. The van der Waals surface area contributed by atoms with Crippen molar-refractivity contribution < 1.29 is 13.9 Å². The van der Waals surface area contributed by atoms with Gasteiger partial charge in [0.05, 0.1) is 30.3 Å². The van der Waals surface area contributed by atoms with E-state index in [1.165, 1.54) is 0 Å². The first kappa shape index (κ1) is 17.0. The summed E-state index contributed by atoms with van der Waals surface area (Å²) in [5, 5.41) is 1.03. The molecule has 7 nitrogen and oxygen atoms in total. The van der Waals surface area contributed by atoms with Crippen molar-refractivity contribution in [3.8, 4) is 0 Å². The lowest BCUT2D eigenvalue weighted by molar-refractivity contribution is -0.135. The second kappa shape index (κ2) is 6.80. The number of hydrogen-bond acceptors (Lipinski definition) is 6. The van der Waals surface area contributed by atoms with Gasteiger partial charge in [-0.1, -0.05) is 0 Å². The van der Waals surface area contributed by atoms with Crippen molar-refractivity contribution in [2.24, 2.45) is 5.41 Å². The van der Waals surface area contributed by atoms with Crippen LogP contribution in [0.4, 0.5) is 5.82 Å². The third-order valence-corrected chi connectivity index (χ3v) is 6.40. The highest BCUT2D eigenvalue weighted by Crippen LogP contribution is 2.42. The van der Waals surface area contributed by atoms with Gasteiger partial charge in [0.2, 0.25) is 5.91 Å². The van der Waals surface area contributed by atoms with Gasteiger partial charge in [0.15, 0.2) is 0 Å². The molecule has 5 heterocycles. The highest BCUT2D eigenvalue weighted by atomic mass is 16.5. The average Bonchev–Trinajstić information content (AvgIpc) is 3.42. The minimum Gasteiger partial charge on any atom is -0.464 e. The van der Waals surface area contributed by atoms with Crippen LogP contribution in [-0.4, -0.2) is 79.7 Å². The summed E-state index contributed by atoms with van der Waals surface area (Å²) in [6.45, 7) is 7.85. The zero-order chi connectivity index (χ0) is 18.3. The summed E-state index contributed by atoms with van der Waals surface area (Å²) in [5.41, 5.74) is 0.615. The zero-order valence-corrected chi connectivity index (χ0v) is 15.6. The highest BCUT2D eigenvalue weighted by Gasteiger charge is 2.51. The number of ether oxygens (including phenoxy) is 1. The van der Waals surface area contributed by atoms with Gasteiger partial charge in [0, 0.05) is 52.0 Å². The fourth-order valence-corrected chi connectivity index (χ4v) is 4.76. The summed E-state index contributed by atoms with van der Waals surface area (Å²) in [5.74, 6) is 1.27. The largest absolute Gasteiger partial charge is 0.464 e. The van der Waals surface area contributed by atoms with Crippen molar-refractivity contribution in [2.45, 2.75) is 12.8 Å². The van der Waals surface area contributed by atoms with Crippen LogP contribution >= 0.6 is 0 Å². The summed E-state index contributed by atoms with van der Waals surface area (Å²) >= 11 is 0. The molecule has 27 heavy (non-hydrogen) atoms. The number of morpholine rings is 1. The molecule has 5 rings (SSSR count). The van der Waals surface area contributed by atoms with Crippen LogP contribution in [0.25, 0.3) is 11.0 Å². The van der Waals surface area contributed by atoms with Gasteiger partial charge < -0.3 is 19.0 Å². The molecule has 3 fully saturated rings. The molecule has 7 heteroatoms. The first-order valence-corrected chi connectivity index (χ1v) is 9.92. The highest BCUT2D eigenvalue weighted by molar-refractivity contribution is 5.90. The number of carbonyl (C=O) groups is 1. The normalized spacial score (nSPS) is 26.7. The molecule has 144 valence electrons. The molecule has 3 saturated heterocycles. The van der Waals surface area contributed by atoms with Crippen molar-refractivity contribution in [1.29, 1.82) is 0 Å². The Morgan fingerprint density at radius 1 is 1.07 bits per heavy atom. The molecule has 0 N–H and O–H groups in total. The second-order valence-corrected chi connectivity index (χ2v) is 7.92. The molecule has 1 atom stereocenters. The summed E-state index contributed by atoms with van der Waals surface area (Å²) < 4.78 is 10.9. The Hall–Kier alpha value is -2.12. The molecule has 0 bridgehead atoms. The Labute approximate surface area is 158 Å². The molecule has 0 saturated carbocycles. The van der Waals surface area contributed by atoms with E-state index in [1.54, 1.807) is 12.5 Å². The number of likely N-dealkylation sites (tertiary alicyclic amines) is 1. The van der Waals surface area contributed by atoms with E-state index in [4.69, 9.17) is 9.15 Å². The first-order chi connectivity index (χ1) is 13.3. The summed E-state index contributed by atoms with van der Waals surface area (Å²) in [7, 11) is 0. The summed E-state index contributed by atoms with van der Waals surface area (Å²) in [6, 6.07) is 3.85. The molecule has 1 amide bonds. The average molecular weight is 370 g/mol. The molecule has 0 aliphatic carbocycles. The predicted octanol–water partition coefficient (Wildman–Crippen LogP) is 1.59. The molecule has 2 aromatic rings. The summed E-state index contributed by atoms with van der Waals surface area (Å²) in [6.07, 6.45) is 5.36. The van der Waals surface area contributed by atoms with Crippen molar-refractivity contribution in [3.63, 3.8) is 0 Å². The second-order valence-electron chi connectivity index (χ2n) is 7.92. The zero-order valence-electron chi connectivity index (χ0n) is 15.6. The fraction of sp³-hybridized carbons (Fsp3) is 0.600. The Bertz CT molecular complexity index is 831. The summed E-state index contributed by atoms with van der Waals surface area (Å²) in [4.78, 5) is 24.5. The quantitative estimate of drug-likeness (QED) is 0.815. The predicted molar refractivity (Wildman–Crippen MR) is 102 cm³/mol. The van der Waals surface area contributed by atoms with Crippen LogP contribution in [-0.2, 0) is 9.53 Å². The molecule has 1 unspecified atom stereocenters. The maximum Gasteiger partial charge on any atom is 0.230 e.